The number of piperidine rings is 1. The number of rotatable bonds is 10. The van der Waals surface area contributed by atoms with E-state index >= 15 is 0 Å². The van der Waals surface area contributed by atoms with E-state index in [1.807, 2.05) is 20.0 Å². The van der Waals surface area contributed by atoms with Crippen LogP contribution in [-0.4, -0.2) is 36.9 Å². The maximum Gasteiger partial charge on any atom is 0.301 e. The largest absolute Gasteiger partial charge is 0.481 e. The summed E-state index contributed by atoms with van der Waals surface area (Å²) in [6.45, 7) is 4.17. The lowest BCUT2D eigenvalue weighted by Crippen LogP contribution is -2.34. The molecule has 1 aromatic rings. The summed E-state index contributed by atoms with van der Waals surface area (Å²) >= 11 is 0. The van der Waals surface area contributed by atoms with Crippen LogP contribution in [0.15, 0.2) is 24.3 Å². The Morgan fingerprint density at radius 2 is 1.92 bits per heavy atom. The van der Waals surface area contributed by atoms with E-state index in [9.17, 15) is 14.3 Å². The molecular weight excluding hydrogens is 328 g/mol. The van der Waals surface area contributed by atoms with Gasteiger partial charge in [-0.3, -0.25) is 9.69 Å². The monoisotopic (exact) mass is 361 g/mol. The van der Waals surface area contributed by atoms with Crippen molar-refractivity contribution in [3.63, 3.8) is 0 Å². The number of nitrogens with zero attached hydrogens (tertiary/aromatic N) is 1. The average Bonchev–Trinajstić information content (AvgIpc) is 2.64. The van der Waals surface area contributed by atoms with Crippen LogP contribution in [0.1, 0.15) is 76.3 Å². The summed E-state index contributed by atoms with van der Waals surface area (Å²) in [5, 5.41) is 8.99. The first kappa shape index (κ1) is 21.0. The number of carbonyl (C=O) groups is 1. The van der Waals surface area contributed by atoms with Crippen molar-refractivity contribution in [3.8, 4) is 0 Å². The number of benzene rings is 1. The van der Waals surface area contributed by atoms with Crippen molar-refractivity contribution in [2.24, 2.45) is 0 Å². The predicted octanol–water partition coefficient (Wildman–Crippen LogP) is 4.59. The van der Waals surface area contributed by atoms with Gasteiger partial charge in [0.2, 0.25) is 0 Å². The molecule has 2 rings (SSSR count). The third kappa shape index (κ3) is 5.83. The Kier molecular flexibility index (Phi) is 8.14. The Balaban J connectivity index is 1.86. The van der Waals surface area contributed by atoms with Gasteiger partial charge in [-0.15, -0.1) is 0 Å². The van der Waals surface area contributed by atoms with Gasteiger partial charge in [0, 0.05) is 11.4 Å². The van der Waals surface area contributed by atoms with Crippen molar-refractivity contribution < 1.29 is 14.3 Å². The highest BCUT2D eigenvalue weighted by Crippen LogP contribution is 2.36. The molecule has 0 amide bonds. The maximum absolute atomic E-state index is 13.2. The van der Waals surface area contributed by atoms with Gasteiger partial charge in [-0.05, 0) is 62.9 Å². The zero-order valence-corrected chi connectivity index (χ0v) is 16.3. The molecule has 0 saturated carbocycles. The molecule has 1 fully saturated rings. The molecule has 3 nitrogen and oxygen atoms in total. The lowest BCUT2D eigenvalue weighted by atomic mass is 9.63. The van der Waals surface area contributed by atoms with Gasteiger partial charge < -0.3 is 5.11 Å². The summed E-state index contributed by atoms with van der Waals surface area (Å²) in [4.78, 5) is 14.1. The van der Waals surface area contributed by atoms with Crippen LogP contribution < -0.4 is 0 Å². The standard InChI is InChI=1S/C21H33BFNO2/c1-2-3-13-21(22,20(25)26)14-5-7-16-24-15-6-4-8-19(24)17-9-11-18(23)12-10-17/h9-12,19H,2-8,13-16,22H2,1H3,(H,25,26). The average molecular weight is 361 g/mol. The van der Waals surface area contributed by atoms with Gasteiger partial charge >= 0.3 is 5.97 Å². The minimum atomic E-state index is -0.659. The number of aliphatic carboxylic acids is 1. The van der Waals surface area contributed by atoms with Gasteiger partial charge in [0.1, 0.15) is 13.7 Å². The number of unbranched alkanes of at least 4 members (excludes halogenated alkanes) is 2. The fourth-order valence-electron chi connectivity index (χ4n) is 4.06. The number of likely N-dealkylation sites (tertiary alicyclic amines) is 1. The predicted molar refractivity (Wildman–Crippen MR) is 107 cm³/mol. The Morgan fingerprint density at radius 3 is 2.58 bits per heavy atom. The van der Waals surface area contributed by atoms with Gasteiger partial charge in [-0.1, -0.05) is 44.7 Å². The molecule has 26 heavy (non-hydrogen) atoms. The first-order valence-corrected chi connectivity index (χ1v) is 10.2. The Labute approximate surface area is 158 Å². The maximum atomic E-state index is 13.2. The molecule has 2 atom stereocenters. The van der Waals surface area contributed by atoms with E-state index in [0.29, 0.717) is 6.04 Å². The first-order chi connectivity index (χ1) is 12.5. The second-order valence-electron chi connectivity index (χ2n) is 8.03. The molecule has 1 aliphatic heterocycles. The fraction of sp³-hybridized carbons (Fsp3) is 0.667. The van der Waals surface area contributed by atoms with Crippen molar-refractivity contribution in [3.05, 3.63) is 35.6 Å². The second kappa shape index (κ2) is 10.1. The minimum Gasteiger partial charge on any atom is -0.481 e. The first-order valence-electron chi connectivity index (χ1n) is 10.2. The molecule has 0 aromatic heterocycles. The molecule has 1 N–H and O–H groups in total. The van der Waals surface area contributed by atoms with E-state index in [1.165, 1.54) is 18.4 Å². The molecule has 0 spiro atoms. The van der Waals surface area contributed by atoms with Crippen LogP contribution in [0.3, 0.4) is 0 Å². The molecule has 2 unspecified atom stereocenters. The SMILES string of the molecule is BC(CCCC)(CCCCN1CCCCC1c1ccc(F)cc1)C(=O)O. The van der Waals surface area contributed by atoms with Crippen LogP contribution in [0, 0.1) is 5.82 Å². The van der Waals surface area contributed by atoms with Crippen molar-refractivity contribution >= 4 is 13.8 Å². The molecule has 0 aliphatic carbocycles. The minimum absolute atomic E-state index is 0.184. The van der Waals surface area contributed by atoms with E-state index in [-0.39, 0.29) is 5.82 Å². The Hall–Kier alpha value is -1.36. The number of carboxylic acids is 1. The smallest absolute Gasteiger partial charge is 0.301 e. The van der Waals surface area contributed by atoms with Gasteiger partial charge in [-0.25, -0.2) is 4.39 Å². The molecular formula is C21H33BFNO2. The molecule has 0 radical (unpaired) electrons. The Morgan fingerprint density at radius 1 is 1.23 bits per heavy atom. The summed E-state index contributed by atoms with van der Waals surface area (Å²) in [7, 11) is 1.90. The third-order valence-electron chi connectivity index (χ3n) is 5.89. The lowest BCUT2D eigenvalue weighted by Gasteiger charge is -2.36. The third-order valence-corrected chi connectivity index (χ3v) is 5.89. The van der Waals surface area contributed by atoms with Crippen molar-refractivity contribution in [2.75, 3.05) is 13.1 Å². The summed E-state index contributed by atoms with van der Waals surface area (Å²) in [6, 6.07) is 7.28. The molecule has 1 saturated heterocycles. The lowest BCUT2D eigenvalue weighted by molar-refractivity contribution is -0.141. The number of halogens is 1. The van der Waals surface area contributed by atoms with Gasteiger partial charge in [0.15, 0.2) is 0 Å². The highest BCUT2D eigenvalue weighted by molar-refractivity contribution is 6.26. The van der Waals surface area contributed by atoms with Crippen LogP contribution in [0.25, 0.3) is 0 Å². The normalized spacial score (nSPS) is 20.6. The summed E-state index contributed by atoms with van der Waals surface area (Å²) < 4.78 is 13.2. The van der Waals surface area contributed by atoms with Crippen LogP contribution >= 0.6 is 0 Å². The summed E-state index contributed by atoms with van der Waals surface area (Å²) in [6.07, 6.45) is 9.03. The van der Waals surface area contributed by atoms with Crippen LogP contribution in [-0.2, 0) is 4.79 Å². The summed E-state index contributed by atoms with van der Waals surface area (Å²) in [5.74, 6) is -0.843. The zero-order chi connectivity index (χ0) is 19.0. The van der Waals surface area contributed by atoms with Crippen molar-refractivity contribution in [1.82, 2.24) is 4.90 Å². The molecule has 1 aliphatic rings. The molecule has 1 aromatic carbocycles. The molecule has 144 valence electrons. The van der Waals surface area contributed by atoms with Crippen LogP contribution in [0.4, 0.5) is 4.39 Å². The van der Waals surface area contributed by atoms with E-state index in [1.54, 1.807) is 12.1 Å². The molecule has 0 bridgehead atoms. The fourth-order valence-corrected chi connectivity index (χ4v) is 4.06. The van der Waals surface area contributed by atoms with Crippen molar-refractivity contribution in [1.29, 1.82) is 0 Å². The second-order valence-corrected chi connectivity index (χ2v) is 8.03. The highest BCUT2D eigenvalue weighted by atomic mass is 19.1. The van der Waals surface area contributed by atoms with E-state index in [4.69, 9.17) is 0 Å². The van der Waals surface area contributed by atoms with E-state index in [0.717, 1.165) is 58.0 Å². The number of carboxylic acid groups (broad SMARTS) is 1. The summed E-state index contributed by atoms with van der Waals surface area (Å²) in [5.41, 5.74) is 1.20. The van der Waals surface area contributed by atoms with E-state index < -0.39 is 11.3 Å². The van der Waals surface area contributed by atoms with E-state index in [2.05, 4.69) is 11.8 Å². The topological polar surface area (TPSA) is 40.5 Å². The van der Waals surface area contributed by atoms with Crippen molar-refractivity contribution in [2.45, 2.75) is 76.1 Å². The van der Waals surface area contributed by atoms with Gasteiger partial charge in [0.05, 0.1) is 0 Å². The van der Waals surface area contributed by atoms with Crippen LogP contribution in [0.2, 0.25) is 5.31 Å². The van der Waals surface area contributed by atoms with Crippen LogP contribution in [0.5, 0.6) is 0 Å². The number of hydrogen-bond acceptors (Lipinski definition) is 2. The molecule has 1 heterocycles. The molecule has 5 heteroatoms. The zero-order valence-electron chi connectivity index (χ0n) is 16.3. The van der Waals surface area contributed by atoms with Gasteiger partial charge in [-0.2, -0.15) is 0 Å². The van der Waals surface area contributed by atoms with Gasteiger partial charge in [0.25, 0.3) is 0 Å². The quantitative estimate of drug-likeness (QED) is 0.490. The number of hydrogen-bond donors (Lipinski definition) is 1. The Bertz CT molecular complexity index is 566. The highest BCUT2D eigenvalue weighted by Gasteiger charge is 2.31.